The first-order valence-corrected chi connectivity index (χ1v) is 11.1. The molecule has 0 atom stereocenters. The molecule has 0 aliphatic heterocycles. The highest BCUT2D eigenvalue weighted by Gasteiger charge is 2.18. The van der Waals surface area contributed by atoms with E-state index in [4.69, 9.17) is 27.4 Å². The first kappa shape index (κ1) is 21.4. The highest BCUT2D eigenvalue weighted by atomic mass is 32.1. The monoisotopic (exact) mass is 412 g/mol. The number of anilines is 1. The maximum atomic E-state index is 6.13. The van der Waals surface area contributed by atoms with Crippen molar-refractivity contribution in [3.63, 3.8) is 0 Å². The van der Waals surface area contributed by atoms with E-state index in [0.717, 1.165) is 43.1 Å². The van der Waals surface area contributed by atoms with Gasteiger partial charge < -0.3 is 20.5 Å². The second kappa shape index (κ2) is 11.7. The van der Waals surface area contributed by atoms with Gasteiger partial charge in [-0.05, 0) is 74.0 Å². The summed E-state index contributed by atoms with van der Waals surface area (Å²) >= 11 is 4.86. The Labute approximate surface area is 179 Å². The highest BCUT2D eigenvalue weighted by Crippen LogP contribution is 2.37. The Balaban J connectivity index is 1.34. The molecular formula is C24H32N2O2S. The van der Waals surface area contributed by atoms with Crippen LogP contribution >= 0.6 is 12.2 Å². The molecule has 0 radical (unpaired) electrons. The van der Waals surface area contributed by atoms with Crippen LogP contribution in [0.5, 0.6) is 11.5 Å². The van der Waals surface area contributed by atoms with Crippen LogP contribution in [0.15, 0.2) is 48.5 Å². The number of rotatable bonds is 10. The van der Waals surface area contributed by atoms with E-state index < -0.39 is 0 Å². The lowest BCUT2D eigenvalue weighted by molar-refractivity contribution is 0.276. The molecule has 4 nitrogen and oxygen atoms in total. The van der Waals surface area contributed by atoms with E-state index in [1.54, 1.807) is 0 Å². The molecule has 5 heteroatoms. The van der Waals surface area contributed by atoms with E-state index in [2.05, 4.69) is 29.6 Å². The molecule has 0 saturated heterocycles. The summed E-state index contributed by atoms with van der Waals surface area (Å²) in [7, 11) is 0. The Hall–Kier alpha value is -2.27. The van der Waals surface area contributed by atoms with Gasteiger partial charge >= 0.3 is 0 Å². The molecule has 1 aliphatic rings. The molecule has 0 bridgehead atoms. The number of unbranched alkanes of at least 4 members (excludes halogenated alkanes) is 2. The lowest BCUT2D eigenvalue weighted by Crippen LogP contribution is -2.18. The minimum absolute atomic E-state index is 0.257. The third-order valence-corrected chi connectivity index (χ3v) is 5.48. The molecule has 3 N–H and O–H groups in total. The fourth-order valence-corrected chi connectivity index (χ4v) is 4.04. The van der Waals surface area contributed by atoms with Gasteiger partial charge in [0, 0.05) is 11.8 Å². The summed E-state index contributed by atoms with van der Waals surface area (Å²) in [5.41, 5.74) is 7.75. The largest absolute Gasteiger partial charge is 0.494 e. The highest BCUT2D eigenvalue weighted by molar-refractivity contribution is 7.80. The Morgan fingerprint density at radius 3 is 2.48 bits per heavy atom. The number of benzene rings is 2. The molecule has 29 heavy (non-hydrogen) atoms. The van der Waals surface area contributed by atoms with Crippen molar-refractivity contribution in [2.45, 2.75) is 57.3 Å². The van der Waals surface area contributed by atoms with E-state index in [1.807, 2.05) is 24.3 Å². The number of nitrogens with two attached hydrogens (primary N) is 1. The van der Waals surface area contributed by atoms with Crippen molar-refractivity contribution in [3.8, 4) is 11.5 Å². The van der Waals surface area contributed by atoms with Gasteiger partial charge in [0.1, 0.15) is 11.5 Å². The van der Waals surface area contributed by atoms with E-state index in [1.165, 1.54) is 37.7 Å². The molecule has 0 unspecified atom stereocenters. The Kier molecular flexibility index (Phi) is 8.62. The average Bonchev–Trinajstić information content (AvgIpc) is 2.74. The summed E-state index contributed by atoms with van der Waals surface area (Å²) in [5.74, 6) is 2.58. The van der Waals surface area contributed by atoms with Crippen molar-refractivity contribution in [1.82, 2.24) is 0 Å². The summed E-state index contributed by atoms with van der Waals surface area (Å²) in [6.07, 6.45) is 9.77. The van der Waals surface area contributed by atoms with Crippen LogP contribution in [0.2, 0.25) is 0 Å². The SMILES string of the molecule is NC(=S)Nc1cccc(OCCCCCOc2ccccc2C2CCCCC2)c1. The molecule has 0 spiro atoms. The molecule has 1 aliphatic carbocycles. The third-order valence-electron chi connectivity index (χ3n) is 5.38. The van der Waals surface area contributed by atoms with Crippen molar-refractivity contribution in [3.05, 3.63) is 54.1 Å². The van der Waals surface area contributed by atoms with Crippen LogP contribution in [0.25, 0.3) is 0 Å². The van der Waals surface area contributed by atoms with Gasteiger partial charge in [-0.3, -0.25) is 0 Å². The second-order valence-corrected chi connectivity index (χ2v) is 8.09. The molecule has 1 fully saturated rings. The molecule has 2 aromatic carbocycles. The van der Waals surface area contributed by atoms with Crippen LogP contribution in [0.1, 0.15) is 62.8 Å². The zero-order valence-electron chi connectivity index (χ0n) is 17.1. The third kappa shape index (κ3) is 7.24. The van der Waals surface area contributed by atoms with Gasteiger partial charge in [0.05, 0.1) is 13.2 Å². The molecule has 0 amide bonds. The minimum Gasteiger partial charge on any atom is -0.494 e. The van der Waals surface area contributed by atoms with Gasteiger partial charge in [0.2, 0.25) is 0 Å². The van der Waals surface area contributed by atoms with Crippen LogP contribution in [-0.4, -0.2) is 18.3 Å². The molecule has 1 saturated carbocycles. The Morgan fingerprint density at radius 2 is 1.69 bits per heavy atom. The first-order valence-electron chi connectivity index (χ1n) is 10.7. The zero-order chi connectivity index (χ0) is 20.3. The van der Waals surface area contributed by atoms with Crippen molar-refractivity contribution < 1.29 is 9.47 Å². The smallest absolute Gasteiger partial charge is 0.168 e. The number of thiocarbonyl (C=S) groups is 1. The molecule has 156 valence electrons. The van der Waals surface area contributed by atoms with E-state index in [9.17, 15) is 0 Å². The van der Waals surface area contributed by atoms with Crippen molar-refractivity contribution in [2.24, 2.45) is 5.73 Å². The van der Waals surface area contributed by atoms with Crippen LogP contribution < -0.4 is 20.5 Å². The van der Waals surface area contributed by atoms with Gasteiger partial charge in [-0.15, -0.1) is 0 Å². The van der Waals surface area contributed by atoms with E-state index in [0.29, 0.717) is 12.5 Å². The summed E-state index contributed by atoms with van der Waals surface area (Å²) in [6.45, 7) is 1.45. The number of ether oxygens (including phenoxy) is 2. The quantitative estimate of drug-likeness (QED) is 0.369. The predicted molar refractivity (Wildman–Crippen MR) is 124 cm³/mol. The summed E-state index contributed by atoms with van der Waals surface area (Å²) in [5, 5.41) is 3.18. The van der Waals surface area contributed by atoms with Gasteiger partial charge in [0.25, 0.3) is 0 Å². The lowest BCUT2D eigenvalue weighted by Gasteiger charge is -2.24. The summed E-state index contributed by atoms with van der Waals surface area (Å²) in [4.78, 5) is 0. The molecule has 0 heterocycles. The summed E-state index contributed by atoms with van der Waals surface area (Å²) in [6, 6.07) is 16.3. The average molecular weight is 413 g/mol. The van der Waals surface area contributed by atoms with E-state index in [-0.39, 0.29) is 5.11 Å². The van der Waals surface area contributed by atoms with Crippen molar-refractivity contribution in [2.75, 3.05) is 18.5 Å². The van der Waals surface area contributed by atoms with Gasteiger partial charge in [-0.25, -0.2) is 0 Å². The topological polar surface area (TPSA) is 56.5 Å². The minimum atomic E-state index is 0.257. The first-order chi connectivity index (χ1) is 14.2. The van der Waals surface area contributed by atoms with Gasteiger partial charge in [-0.1, -0.05) is 43.5 Å². The summed E-state index contributed by atoms with van der Waals surface area (Å²) < 4.78 is 12.0. The molecule has 0 aromatic heterocycles. The normalized spacial score (nSPS) is 14.3. The lowest BCUT2D eigenvalue weighted by atomic mass is 9.84. The second-order valence-electron chi connectivity index (χ2n) is 7.65. The van der Waals surface area contributed by atoms with Crippen LogP contribution in [-0.2, 0) is 0 Å². The zero-order valence-corrected chi connectivity index (χ0v) is 17.9. The Morgan fingerprint density at radius 1 is 0.931 bits per heavy atom. The number of nitrogens with one attached hydrogen (secondary N) is 1. The number of para-hydroxylation sites is 1. The van der Waals surface area contributed by atoms with Crippen LogP contribution in [0.4, 0.5) is 5.69 Å². The molecule has 3 rings (SSSR count). The maximum Gasteiger partial charge on any atom is 0.168 e. The number of hydrogen-bond donors (Lipinski definition) is 2. The fraction of sp³-hybridized carbons (Fsp3) is 0.458. The van der Waals surface area contributed by atoms with Crippen LogP contribution in [0, 0.1) is 0 Å². The Bertz CT molecular complexity index is 775. The standard InChI is InChI=1S/C24H32N2O2S/c25-24(29)26-20-12-9-13-21(18-20)27-16-7-2-8-17-28-23-15-6-5-14-22(23)19-10-3-1-4-11-19/h5-6,9,12-15,18-19H,1-4,7-8,10-11,16-17H2,(H3,25,26,29). The van der Waals surface area contributed by atoms with E-state index >= 15 is 0 Å². The molecule has 2 aromatic rings. The predicted octanol–water partition coefficient (Wildman–Crippen LogP) is 6.02. The number of hydrogen-bond acceptors (Lipinski definition) is 3. The van der Waals surface area contributed by atoms with Crippen molar-refractivity contribution in [1.29, 1.82) is 0 Å². The van der Waals surface area contributed by atoms with Gasteiger partial charge in [0.15, 0.2) is 5.11 Å². The van der Waals surface area contributed by atoms with Gasteiger partial charge in [-0.2, -0.15) is 0 Å². The van der Waals surface area contributed by atoms with Crippen molar-refractivity contribution >= 4 is 23.0 Å². The molecular weight excluding hydrogens is 380 g/mol. The van der Waals surface area contributed by atoms with Crippen LogP contribution in [0.3, 0.4) is 0 Å². The maximum absolute atomic E-state index is 6.13. The fourth-order valence-electron chi connectivity index (χ4n) is 3.92.